The van der Waals surface area contributed by atoms with Gasteiger partial charge in [0.05, 0.1) is 18.7 Å². The minimum atomic E-state index is -0.269. The Bertz CT molecular complexity index is 959. The van der Waals surface area contributed by atoms with Gasteiger partial charge in [-0.3, -0.25) is 9.59 Å². The van der Waals surface area contributed by atoms with Crippen LogP contribution in [0.1, 0.15) is 53.9 Å². The fourth-order valence-electron chi connectivity index (χ4n) is 3.20. The highest BCUT2D eigenvalue weighted by molar-refractivity contribution is 5.97. The van der Waals surface area contributed by atoms with E-state index in [2.05, 4.69) is 36.6 Å². The van der Waals surface area contributed by atoms with E-state index in [9.17, 15) is 9.59 Å². The predicted octanol–water partition coefficient (Wildman–Crippen LogP) is 5.15. The molecule has 0 bridgehead atoms. The van der Waals surface area contributed by atoms with Crippen LogP contribution in [0.25, 0.3) is 0 Å². The van der Waals surface area contributed by atoms with Gasteiger partial charge in [0.25, 0.3) is 5.91 Å². The fourth-order valence-corrected chi connectivity index (χ4v) is 3.20. The number of furan rings is 1. The zero-order valence-electron chi connectivity index (χ0n) is 17.6. The smallest absolute Gasteiger partial charge is 0.251 e. The van der Waals surface area contributed by atoms with Crippen molar-refractivity contribution in [2.45, 2.75) is 39.7 Å². The van der Waals surface area contributed by atoms with E-state index in [1.807, 2.05) is 19.1 Å². The van der Waals surface area contributed by atoms with Crippen molar-refractivity contribution in [1.82, 2.24) is 5.32 Å². The van der Waals surface area contributed by atoms with Crippen molar-refractivity contribution in [3.63, 3.8) is 0 Å². The van der Waals surface area contributed by atoms with Crippen LogP contribution in [0.2, 0.25) is 0 Å². The van der Waals surface area contributed by atoms with Crippen molar-refractivity contribution >= 4 is 17.5 Å². The summed E-state index contributed by atoms with van der Waals surface area (Å²) in [6.07, 6.45) is 2.60. The number of anilines is 1. The molecule has 0 radical (unpaired) electrons. The number of hydrogen-bond acceptors (Lipinski definition) is 3. The summed E-state index contributed by atoms with van der Waals surface area (Å²) in [6.45, 7) is 6.61. The molecular formula is C25H28N2O3. The first-order valence-electron chi connectivity index (χ1n) is 10.2. The molecule has 1 aromatic heterocycles. The number of hydrogen-bond donors (Lipinski definition) is 2. The average Bonchev–Trinajstić information content (AvgIpc) is 3.26. The summed E-state index contributed by atoms with van der Waals surface area (Å²) < 4.78 is 5.20. The molecule has 30 heavy (non-hydrogen) atoms. The lowest BCUT2D eigenvalue weighted by Crippen LogP contribution is -2.22. The summed E-state index contributed by atoms with van der Waals surface area (Å²) in [4.78, 5) is 24.8. The Kier molecular flexibility index (Phi) is 7.07. The lowest BCUT2D eigenvalue weighted by Gasteiger charge is -2.14. The molecule has 2 amide bonds. The number of carbonyl (C=O) groups is 2. The lowest BCUT2D eigenvalue weighted by molar-refractivity contribution is -0.117. The van der Waals surface area contributed by atoms with Crippen LogP contribution in [0.3, 0.4) is 0 Å². The standard InChI is InChI=1S/C25H28N2O3/c1-17(2)15-19-6-8-20(9-7-19)18(3)24(28)27-22-12-10-21(11-13-22)25(29)26-16-23-5-4-14-30-23/h4-14,17-18H,15-16H2,1-3H3,(H,26,29)(H,27,28). The van der Waals surface area contributed by atoms with Gasteiger partial charge in [-0.2, -0.15) is 0 Å². The number of rotatable bonds is 8. The Morgan fingerprint density at radius 3 is 2.23 bits per heavy atom. The van der Waals surface area contributed by atoms with Crippen LogP contribution in [0.5, 0.6) is 0 Å². The molecule has 2 N–H and O–H groups in total. The fraction of sp³-hybridized carbons (Fsp3) is 0.280. The molecule has 0 aliphatic heterocycles. The maximum atomic E-state index is 12.6. The Morgan fingerprint density at radius 1 is 0.933 bits per heavy atom. The molecule has 1 unspecified atom stereocenters. The molecule has 0 saturated heterocycles. The Balaban J connectivity index is 1.55. The van der Waals surface area contributed by atoms with E-state index in [1.54, 1.807) is 42.7 Å². The minimum Gasteiger partial charge on any atom is -0.467 e. The predicted molar refractivity (Wildman–Crippen MR) is 118 cm³/mol. The zero-order valence-corrected chi connectivity index (χ0v) is 17.6. The van der Waals surface area contributed by atoms with Crippen molar-refractivity contribution in [3.8, 4) is 0 Å². The van der Waals surface area contributed by atoms with Crippen LogP contribution in [0.15, 0.2) is 71.3 Å². The molecule has 1 heterocycles. The molecule has 156 valence electrons. The first-order valence-corrected chi connectivity index (χ1v) is 10.2. The van der Waals surface area contributed by atoms with Gasteiger partial charge in [0.1, 0.15) is 5.76 Å². The molecule has 5 heteroatoms. The molecule has 0 spiro atoms. The third kappa shape index (κ3) is 5.83. The number of carbonyl (C=O) groups excluding carboxylic acids is 2. The van der Waals surface area contributed by atoms with E-state index in [0.717, 1.165) is 12.0 Å². The van der Waals surface area contributed by atoms with Crippen molar-refractivity contribution in [2.24, 2.45) is 5.92 Å². The lowest BCUT2D eigenvalue weighted by atomic mass is 9.96. The summed E-state index contributed by atoms with van der Waals surface area (Å²) in [6, 6.07) is 18.7. The van der Waals surface area contributed by atoms with Crippen molar-refractivity contribution in [3.05, 3.63) is 89.4 Å². The molecule has 3 rings (SSSR count). The van der Waals surface area contributed by atoms with Gasteiger partial charge in [0, 0.05) is 11.3 Å². The summed E-state index contributed by atoms with van der Waals surface area (Å²) in [5.74, 6) is 0.750. The summed E-state index contributed by atoms with van der Waals surface area (Å²) in [7, 11) is 0. The first kappa shape index (κ1) is 21.4. The molecule has 0 aliphatic rings. The molecule has 5 nitrogen and oxygen atoms in total. The Morgan fingerprint density at radius 2 is 1.63 bits per heavy atom. The van der Waals surface area contributed by atoms with Gasteiger partial charge in [-0.05, 0) is 66.8 Å². The second kappa shape index (κ2) is 9.92. The SMILES string of the molecule is CC(C)Cc1ccc(C(C)C(=O)Nc2ccc(C(=O)NCc3ccco3)cc2)cc1. The van der Waals surface area contributed by atoms with E-state index in [1.165, 1.54) is 5.56 Å². The van der Waals surface area contributed by atoms with Gasteiger partial charge in [0.15, 0.2) is 0 Å². The van der Waals surface area contributed by atoms with Gasteiger partial charge >= 0.3 is 0 Å². The third-order valence-corrected chi connectivity index (χ3v) is 4.93. The van der Waals surface area contributed by atoms with Crippen LogP contribution in [0.4, 0.5) is 5.69 Å². The maximum absolute atomic E-state index is 12.6. The van der Waals surface area contributed by atoms with E-state index >= 15 is 0 Å². The second-order valence-electron chi connectivity index (χ2n) is 7.89. The first-order chi connectivity index (χ1) is 14.4. The maximum Gasteiger partial charge on any atom is 0.251 e. The highest BCUT2D eigenvalue weighted by Gasteiger charge is 2.16. The van der Waals surface area contributed by atoms with Crippen molar-refractivity contribution in [2.75, 3.05) is 5.32 Å². The molecule has 3 aromatic rings. The van der Waals surface area contributed by atoms with Gasteiger partial charge in [0.2, 0.25) is 5.91 Å². The van der Waals surface area contributed by atoms with Gasteiger partial charge < -0.3 is 15.1 Å². The molecule has 1 atom stereocenters. The van der Waals surface area contributed by atoms with E-state index in [0.29, 0.717) is 29.5 Å². The van der Waals surface area contributed by atoms with Gasteiger partial charge in [-0.15, -0.1) is 0 Å². The van der Waals surface area contributed by atoms with E-state index in [-0.39, 0.29) is 17.7 Å². The Labute approximate surface area is 177 Å². The van der Waals surface area contributed by atoms with Crippen LogP contribution in [-0.2, 0) is 17.8 Å². The van der Waals surface area contributed by atoms with Crippen molar-refractivity contribution in [1.29, 1.82) is 0 Å². The number of nitrogens with one attached hydrogen (secondary N) is 2. The van der Waals surface area contributed by atoms with E-state index in [4.69, 9.17) is 4.42 Å². The number of benzene rings is 2. The van der Waals surface area contributed by atoms with E-state index < -0.39 is 0 Å². The monoisotopic (exact) mass is 404 g/mol. The molecule has 2 aromatic carbocycles. The summed E-state index contributed by atoms with van der Waals surface area (Å²) in [5, 5.41) is 5.72. The largest absolute Gasteiger partial charge is 0.467 e. The average molecular weight is 405 g/mol. The molecule has 0 fully saturated rings. The summed E-state index contributed by atoms with van der Waals surface area (Å²) >= 11 is 0. The number of amides is 2. The van der Waals surface area contributed by atoms with Crippen LogP contribution in [-0.4, -0.2) is 11.8 Å². The topological polar surface area (TPSA) is 71.3 Å². The van der Waals surface area contributed by atoms with Gasteiger partial charge in [-0.25, -0.2) is 0 Å². The Hall–Kier alpha value is -3.34. The van der Waals surface area contributed by atoms with Crippen LogP contribution in [0, 0.1) is 5.92 Å². The summed E-state index contributed by atoms with van der Waals surface area (Å²) in [5.41, 5.74) is 3.44. The zero-order chi connectivity index (χ0) is 21.5. The van der Waals surface area contributed by atoms with Gasteiger partial charge in [-0.1, -0.05) is 38.1 Å². The third-order valence-electron chi connectivity index (χ3n) is 4.93. The molecular weight excluding hydrogens is 376 g/mol. The van der Waals surface area contributed by atoms with Crippen molar-refractivity contribution < 1.29 is 14.0 Å². The highest BCUT2D eigenvalue weighted by atomic mass is 16.3. The second-order valence-corrected chi connectivity index (χ2v) is 7.89. The minimum absolute atomic E-state index is 0.0818. The quantitative estimate of drug-likeness (QED) is 0.545. The van der Waals surface area contributed by atoms with Crippen LogP contribution < -0.4 is 10.6 Å². The molecule has 0 aliphatic carbocycles. The highest BCUT2D eigenvalue weighted by Crippen LogP contribution is 2.20. The van der Waals surface area contributed by atoms with Crippen LogP contribution >= 0.6 is 0 Å². The normalized spacial score (nSPS) is 11.9. The molecule has 0 saturated carbocycles.